The van der Waals surface area contributed by atoms with Gasteiger partial charge < -0.3 is 10.1 Å². The molecule has 32 heavy (non-hydrogen) atoms. The second-order valence-electron chi connectivity index (χ2n) is 7.12. The number of rotatable bonds is 10. The zero-order chi connectivity index (χ0) is 23.1. The van der Waals surface area contributed by atoms with E-state index in [0.717, 1.165) is 4.90 Å². The van der Waals surface area contributed by atoms with Crippen molar-refractivity contribution in [3.05, 3.63) is 70.2 Å². The van der Waals surface area contributed by atoms with Crippen molar-refractivity contribution in [1.29, 1.82) is 0 Å². The molecular weight excluding hydrogens is 452 g/mol. The lowest BCUT2D eigenvalue weighted by Gasteiger charge is -2.18. The molecule has 0 aliphatic carbocycles. The Morgan fingerprint density at radius 3 is 2.31 bits per heavy atom. The zero-order valence-electron chi connectivity index (χ0n) is 17.5. The van der Waals surface area contributed by atoms with Gasteiger partial charge in [0.1, 0.15) is 6.04 Å². The predicted molar refractivity (Wildman–Crippen MR) is 123 cm³/mol. The average molecular weight is 475 g/mol. The Balaban J connectivity index is 1.52. The maximum absolute atomic E-state index is 12.6. The first-order valence-corrected chi connectivity index (χ1v) is 11.9. The fraction of sp³-hybridized carbons (Fsp3) is 0.304. The smallest absolute Gasteiger partial charge is 0.328 e. The number of esters is 1. The van der Waals surface area contributed by atoms with E-state index in [1.807, 2.05) is 6.26 Å². The number of ether oxygens (including phenoxy) is 1. The van der Waals surface area contributed by atoms with Gasteiger partial charge in [-0.2, -0.15) is 11.8 Å². The van der Waals surface area contributed by atoms with Gasteiger partial charge >= 0.3 is 5.97 Å². The van der Waals surface area contributed by atoms with Crippen LogP contribution in [0.25, 0.3) is 0 Å². The van der Waals surface area contributed by atoms with Crippen LogP contribution >= 0.6 is 23.4 Å². The molecule has 2 aromatic rings. The molecule has 9 heteroatoms. The van der Waals surface area contributed by atoms with E-state index in [0.29, 0.717) is 34.7 Å². The van der Waals surface area contributed by atoms with Gasteiger partial charge in [-0.25, -0.2) is 4.79 Å². The Labute approximate surface area is 195 Å². The van der Waals surface area contributed by atoms with Gasteiger partial charge in [0.15, 0.2) is 0 Å². The number of nitrogens with zero attached hydrogens (tertiary/aromatic N) is 1. The minimum absolute atomic E-state index is 0.0178. The molecule has 1 aliphatic rings. The van der Waals surface area contributed by atoms with Crippen molar-refractivity contribution < 1.29 is 23.9 Å². The minimum Gasteiger partial charge on any atom is -0.464 e. The second-order valence-corrected chi connectivity index (χ2v) is 8.51. The van der Waals surface area contributed by atoms with Crippen molar-refractivity contribution in [1.82, 2.24) is 10.2 Å². The van der Waals surface area contributed by atoms with Crippen molar-refractivity contribution in [2.45, 2.75) is 18.9 Å². The average Bonchev–Trinajstić information content (AvgIpc) is 3.04. The van der Waals surface area contributed by atoms with Crippen molar-refractivity contribution in [2.24, 2.45) is 0 Å². The van der Waals surface area contributed by atoms with Crippen LogP contribution < -0.4 is 5.32 Å². The first-order chi connectivity index (χ1) is 15.4. The summed E-state index contributed by atoms with van der Waals surface area (Å²) in [7, 11) is 0. The molecule has 3 amide bonds. The van der Waals surface area contributed by atoms with Gasteiger partial charge in [0, 0.05) is 6.54 Å². The molecule has 0 aromatic heterocycles. The van der Waals surface area contributed by atoms with Crippen LogP contribution in [0, 0.1) is 0 Å². The zero-order valence-corrected chi connectivity index (χ0v) is 19.1. The summed E-state index contributed by atoms with van der Waals surface area (Å²) in [5, 5.41) is 2.98. The molecule has 168 valence electrons. The Morgan fingerprint density at radius 1 is 1.06 bits per heavy atom. The molecule has 3 rings (SSSR count). The van der Waals surface area contributed by atoms with Crippen LogP contribution in [0.15, 0.2) is 48.5 Å². The summed E-state index contributed by atoms with van der Waals surface area (Å²) in [5.74, 6) is -1.06. The summed E-state index contributed by atoms with van der Waals surface area (Å²) in [4.78, 5) is 51.0. The number of thioether (sulfide) groups is 1. The number of amides is 3. The third kappa shape index (κ3) is 5.49. The number of fused-ring (bicyclic) bond motifs is 1. The lowest BCUT2D eigenvalue weighted by Crippen LogP contribution is -2.42. The fourth-order valence-corrected chi connectivity index (χ4v) is 4.00. The Hall–Kier alpha value is -2.84. The number of imide groups is 1. The van der Waals surface area contributed by atoms with Crippen LogP contribution in [0.1, 0.15) is 43.9 Å². The molecule has 0 radical (unpaired) electrons. The van der Waals surface area contributed by atoms with E-state index in [1.165, 1.54) is 0 Å². The van der Waals surface area contributed by atoms with Gasteiger partial charge in [-0.05, 0) is 49.1 Å². The quantitative estimate of drug-likeness (QED) is 0.322. The van der Waals surface area contributed by atoms with Crippen LogP contribution in [-0.2, 0) is 9.53 Å². The Morgan fingerprint density at radius 2 is 1.69 bits per heavy atom. The van der Waals surface area contributed by atoms with Gasteiger partial charge in [0.05, 0.1) is 28.3 Å². The summed E-state index contributed by atoms with van der Waals surface area (Å²) in [6, 6.07) is 12.4. The van der Waals surface area contributed by atoms with E-state index < -0.39 is 17.9 Å². The van der Waals surface area contributed by atoms with Gasteiger partial charge in [0.25, 0.3) is 17.7 Å². The van der Waals surface area contributed by atoms with Crippen molar-refractivity contribution in [3.63, 3.8) is 0 Å². The lowest BCUT2D eigenvalue weighted by molar-refractivity contribution is -0.146. The number of hydrogen-bond acceptors (Lipinski definition) is 6. The first kappa shape index (κ1) is 23.8. The standard InChI is InChI=1S/C23H23ClN2O5S/c1-32-14-11-19(25-20(27)17-9-4-5-10-18(17)24)23(30)31-13-6-12-26-21(28)15-7-2-3-8-16(15)22(26)29/h2-5,7-10,19H,6,11-14H2,1H3,(H,25,27). The van der Waals surface area contributed by atoms with E-state index >= 15 is 0 Å². The third-order valence-corrected chi connectivity index (χ3v) is 5.94. The molecule has 1 N–H and O–H groups in total. The summed E-state index contributed by atoms with van der Waals surface area (Å²) in [5.41, 5.74) is 1.05. The van der Waals surface area contributed by atoms with E-state index in [4.69, 9.17) is 16.3 Å². The van der Waals surface area contributed by atoms with Crippen LogP contribution in [0.5, 0.6) is 0 Å². The molecule has 0 spiro atoms. The molecule has 0 fully saturated rings. The lowest BCUT2D eigenvalue weighted by atomic mass is 10.1. The van der Waals surface area contributed by atoms with Crippen LogP contribution in [0.4, 0.5) is 0 Å². The normalized spacial score (nSPS) is 13.6. The summed E-state index contributed by atoms with van der Waals surface area (Å²) < 4.78 is 5.33. The number of carbonyl (C=O) groups excluding carboxylic acids is 4. The number of hydrogen-bond donors (Lipinski definition) is 1. The highest BCUT2D eigenvalue weighted by Gasteiger charge is 2.34. The largest absolute Gasteiger partial charge is 0.464 e. The molecule has 1 atom stereocenters. The van der Waals surface area contributed by atoms with E-state index in [1.54, 1.807) is 60.3 Å². The number of benzene rings is 2. The number of halogens is 1. The molecule has 1 aliphatic heterocycles. The highest BCUT2D eigenvalue weighted by Crippen LogP contribution is 2.22. The minimum atomic E-state index is -0.828. The van der Waals surface area contributed by atoms with E-state index in [2.05, 4.69) is 5.32 Å². The van der Waals surface area contributed by atoms with E-state index in [9.17, 15) is 19.2 Å². The summed E-state index contributed by atoms with van der Waals surface area (Å²) in [6.45, 7) is 0.158. The monoisotopic (exact) mass is 474 g/mol. The van der Waals surface area contributed by atoms with Gasteiger partial charge in [-0.1, -0.05) is 35.9 Å². The molecule has 7 nitrogen and oxygen atoms in total. The first-order valence-electron chi connectivity index (χ1n) is 10.1. The molecule has 1 unspecified atom stereocenters. The van der Waals surface area contributed by atoms with Gasteiger partial charge in [-0.3, -0.25) is 19.3 Å². The highest BCUT2D eigenvalue weighted by atomic mass is 35.5. The topological polar surface area (TPSA) is 92.8 Å². The Bertz CT molecular complexity index is 994. The van der Waals surface area contributed by atoms with Crippen LogP contribution in [0.3, 0.4) is 0 Å². The molecule has 0 saturated heterocycles. The maximum atomic E-state index is 12.6. The van der Waals surface area contributed by atoms with Crippen molar-refractivity contribution >= 4 is 47.1 Å². The molecule has 0 saturated carbocycles. The van der Waals surface area contributed by atoms with Crippen molar-refractivity contribution in [2.75, 3.05) is 25.2 Å². The van der Waals surface area contributed by atoms with Gasteiger partial charge in [-0.15, -0.1) is 0 Å². The SMILES string of the molecule is CSCCC(NC(=O)c1ccccc1Cl)C(=O)OCCCN1C(=O)c2ccccc2C1=O. The predicted octanol–water partition coefficient (Wildman–Crippen LogP) is 3.42. The van der Waals surface area contributed by atoms with Gasteiger partial charge in [0.2, 0.25) is 0 Å². The molecular formula is C23H23ClN2O5S. The molecule has 2 aromatic carbocycles. The third-order valence-electron chi connectivity index (χ3n) is 4.97. The number of nitrogens with one attached hydrogen (secondary N) is 1. The second kappa shape index (κ2) is 11.2. The van der Waals surface area contributed by atoms with Crippen LogP contribution in [-0.4, -0.2) is 59.8 Å². The Kier molecular flexibility index (Phi) is 8.30. The highest BCUT2D eigenvalue weighted by molar-refractivity contribution is 7.98. The molecule has 1 heterocycles. The van der Waals surface area contributed by atoms with Crippen molar-refractivity contribution in [3.8, 4) is 0 Å². The fourth-order valence-electron chi connectivity index (χ4n) is 3.30. The summed E-state index contributed by atoms with van der Waals surface area (Å²) in [6.07, 6.45) is 2.60. The number of carbonyl (C=O) groups is 4. The van der Waals surface area contributed by atoms with Crippen LogP contribution in [0.2, 0.25) is 5.02 Å². The summed E-state index contributed by atoms with van der Waals surface area (Å²) >= 11 is 7.61. The molecule has 0 bridgehead atoms. The van der Waals surface area contributed by atoms with E-state index in [-0.39, 0.29) is 30.5 Å². The maximum Gasteiger partial charge on any atom is 0.328 e.